The van der Waals surface area contributed by atoms with Crippen LogP contribution in [0.4, 0.5) is 10.1 Å². The van der Waals surface area contributed by atoms with Crippen molar-refractivity contribution in [2.45, 2.75) is 20.1 Å². The lowest BCUT2D eigenvalue weighted by Gasteiger charge is -2.08. The molecule has 2 rings (SSSR count). The van der Waals surface area contributed by atoms with Crippen molar-refractivity contribution in [2.24, 2.45) is 0 Å². The summed E-state index contributed by atoms with van der Waals surface area (Å²) in [6.07, 6.45) is 1.66. The van der Waals surface area contributed by atoms with E-state index in [9.17, 15) is 9.18 Å². The molecule has 0 unspecified atom stereocenters. The van der Waals surface area contributed by atoms with Crippen molar-refractivity contribution in [3.63, 3.8) is 0 Å². The van der Waals surface area contributed by atoms with Crippen molar-refractivity contribution in [3.05, 3.63) is 52.6 Å². The number of esters is 1. The molecule has 1 heterocycles. The third-order valence-electron chi connectivity index (χ3n) is 2.83. The van der Waals surface area contributed by atoms with Crippen molar-refractivity contribution in [3.8, 4) is 0 Å². The van der Waals surface area contributed by atoms with Gasteiger partial charge in [-0.15, -0.1) is 0 Å². The first-order valence-electron chi connectivity index (χ1n) is 6.08. The molecule has 0 aliphatic rings. The number of hydrogen-bond acceptors (Lipinski definition) is 3. The SMILES string of the molecule is CCn1cc(N)cc1C(=O)OCc1cc(F)ccc1Cl. The van der Waals surface area contributed by atoms with Gasteiger partial charge >= 0.3 is 5.97 Å². The average Bonchev–Trinajstić information content (AvgIpc) is 2.80. The maximum atomic E-state index is 13.1. The van der Waals surface area contributed by atoms with E-state index in [1.54, 1.807) is 16.8 Å². The van der Waals surface area contributed by atoms with Crippen LogP contribution in [-0.2, 0) is 17.9 Å². The number of benzene rings is 1. The first kappa shape index (κ1) is 14.4. The number of aromatic nitrogens is 1. The molecule has 4 nitrogen and oxygen atoms in total. The first-order valence-corrected chi connectivity index (χ1v) is 6.45. The Morgan fingerprint density at radius 1 is 1.45 bits per heavy atom. The highest BCUT2D eigenvalue weighted by atomic mass is 35.5. The zero-order chi connectivity index (χ0) is 14.7. The van der Waals surface area contributed by atoms with E-state index in [0.717, 1.165) is 0 Å². The summed E-state index contributed by atoms with van der Waals surface area (Å²) in [6.45, 7) is 2.40. The van der Waals surface area contributed by atoms with E-state index in [1.807, 2.05) is 6.92 Å². The molecule has 0 amide bonds. The lowest BCUT2D eigenvalue weighted by Crippen LogP contribution is -2.11. The summed E-state index contributed by atoms with van der Waals surface area (Å²) in [7, 11) is 0. The number of ether oxygens (including phenoxy) is 1. The highest BCUT2D eigenvalue weighted by Gasteiger charge is 2.14. The number of carbonyl (C=O) groups excluding carboxylic acids is 1. The Hall–Kier alpha value is -2.01. The highest BCUT2D eigenvalue weighted by Crippen LogP contribution is 2.19. The predicted molar refractivity (Wildman–Crippen MR) is 75.0 cm³/mol. The van der Waals surface area contributed by atoms with Gasteiger partial charge in [-0.1, -0.05) is 11.6 Å². The van der Waals surface area contributed by atoms with Crippen LogP contribution in [0.2, 0.25) is 5.02 Å². The smallest absolute Gasteiger partial charge is 0.355 e. The standard InChI is InChI=1S/C14H14ClFN2O2/c1-2-18-7-11(17)6-13(18)14(19)20-8-9-5-10(16)3-4-12(9)15/h3-7H,2,8,17H2,1H3. The predicted octanol–water partition coefficient (Wildman–Crippen LogP) is 3.24. The first-order chi connectivity index (χ1) is 9.51. The topological polar surface area (TPSA) is 57.2 Å². The Morgan fingerprint density at radius 2 is 2.20 bits per heavy atom. The fourth-order valence-corrected chi connectivity index (χ4v) is 2.01. The lowest BCUT2D eigenvalue weighted by atomic mass is 10.2. The van der Waals surface area contributed by atoms with Crippen LogP contribution >= 0.6 is 11.6 Å². The number of rotatable bonds is 4. The van der Waals surface area contributed by atoms with Crippen LogP contribution in [0.1, 0.15) is 23.0 Å². The number of halogens is 2. The van der Waals surface area contributed by atoms with E-state index in [1.165, 1.54) is 18.2 Å². The Balaban J connectivity index is 2.10. The van der Waals surface area contributed by atoms with Crippen molar-refractivity contribution >= 4 is 23.3 Å². The van der Waals surface area contributed by atoms with Gasteiger partial charge in [0.25, 0.3) is 0 Å². The molecule has 0 saturated carbocycles. The third kappa shape index (κ3) is 3.11. The minimum absolute atomic E-state index is 0.0930. The molecule has 20 heavy (non-hydrogen) atoms. The number of carbonyl (C=O) groups is 1. The number of nitrogen functional groups attached to an aromatic ring is 1. The molecule has 1 aromatic heterocycles. The summed E-state index contributed by atoms with van der Waals surface area (Å²) in [5.74, 6) is -0.953. The zero-order valence-electron chi connectivity index (χ0n) is 10.9. The van der Waals surface area contributed by atoms with E-state index in [0.29, 0.717) is 28.5 Å². The van der Waals surface area contributed by atoms with Gasteiger partial charge in [-0.25, -0.2) is 9.18 Å². The van der Waals surface area contributed by atoms with E-state index >= 15 is 0 Å². The quantitative estimate of drug-likeness (QED) is 0.881. The maximum absolute atomic E-state index is 13.1. The molecule has 2 N–H and O–H groups in total. The van der Waals surface area contributed by atoms with Crippen LogP contribution in [-0.4, -0.2) is 10.5 Å². The fraction of sp³-hybridized carbons (Fsp3) is 0.214. The molecule has 0 bridgehead atoms. The number of nitrogens with zero attached hydrogens (tertiary/aromatic N) is 1. The van der Waals surface area contributed by atoms with Crippen LogP contribution in [0.5, 0.6) is 0 Å². The second-order valence-corrected chi connectivity index (χ2v) is 4.66. The molecule has 2 aromatic rings. The van der Waals surface area contributed by atoms with Crippen molar-refractivity contribution in [1.82, 2.24) is 4.57 Å². The molecule has 1 aromatic carbocycles. The van der Waals surface area contributed by atoms with Gasteiger partial charge in [-0.05, 0) is 31.2 Å². The maximum Gasteiger partial charge on any atom is 0.355 e. The van der Waals surface area contributed by atoms with E-state index < -0.39 is 11.8 Å². The summed E-state index contributed by atoms with van der Waals surface area (Å²) in [5.41, 5.74) is 6.91. The van der Waals surface area contributed by atoms with Crippen LogP contribution in [0, 0.1) is 5.82 Å². The minimum atomic E-state index is -0.524. The van der Waals surface area contributed by atoms with Gasteiger partial charge in [0, 0.05) is 23.3 Å². The minimum Gasteiger partial charge on any atom is -0.456 e. The second-order valence-electron chi connectivity index (χ2n) is 4.26. The van der Waals surface area contributed by atoms with Crippen LogP contribution in [0.3, 0.4) is 0 Å². The number of aryl methyl sites for hydroxylation is 1. The van der Waals surface area contributed by atoms with Crippen molar-refractivity contribution in [2.75, 3.05) is 5.73 Å². The molecular formula is C14H14ClFN2O2. The largest absolute Gasteiger partial charge is 0.456 e. The van der Waals surface area contributed by atoms with Crippen LogP contribution < -0.4 is 5.73 Å². The molecule has 0 aliphatic carbocycles. The Labute approximate surface area is 120 Å². The monoisotopic (exact) mass is 296 g/mol. The summed E-state index contributed by atoms with van der Waals surface area (Å²) < 4.78 is 19.9. The molecule has 0 spiro atoms. The molecule has 6 heteroatoms. The normalized spacial score (nSPS) is 10.6. The van der Waals surface area contributed by atoms with Gasteiger partial charge in [0.05, 0.1) is 5.69 Å². The Kier molecular flexibility index (Phi) is 4.29. The molecule has 0 saturated heterocycles. The number of hydrogen-bond donors (Lipinski definition) is 1. The van der Waals surface area contributed by atoms with E-state index in [4.69, 9.17) is 22.1 Å². The molecule has 0 aliphatic heterocycles. The Bertz CT molecular complexity index is 640. The fourth-order valence-electron chi connectivity index (χ4n) is 1.84. The van der Waals surface area contributed by atoms with Gasteiger partial charge in [-0.3, -0.25) is 0 Å². The number of nitrogens with two attached hydrogens (primary N) is 1. The summed E-state index contributed by atoms with van der Waals surface area (Å²) >= 11 is 5.91. The summed E-state index contributed by atoms with van der Waals surface area (Å²) in [5, 5.41) is 0.351. The highest BCUT2D eigenvalue weighted by molar-refractivity contribution is 6.31. The lowest BCUT2D eigenvalue weighted by molar-refractivity contribution is 0.0460. The molecule has 0 atom stereocenters. The molecule has 0 fully saturated rings. The van der Waals surface area contributed by atoms with Gasteiger partial charge in [0.1, 0.15) is 18.1 Å². The van der Waals surface area contributed by atoms with E-state index in [2.05, 4.69) is 0 Å². The number of anilines is 1. The van der Waals surface area contributed by atoms with Crippen molar-refractivity contribution in [1.29, 1.82) is 0 Å². The van der Waals surface area contributed by atoms with Gasteiger partial charge in [-0.2, -0.15) is 0 Å². The Morgan fingerprint density at radius 3 is 2.90 bits per heavy atom. The molecule has 0 radical (unpaired) electrons. The van der Waals surface area contributed by atoms with Gasteiger partial charge < -0.3 is 15.0 Å². The van der Waals surface area contributed by atoms with Crippen LogP contribution in [0.25, 0.3) is 0 Å². The van der Waals surface area contributed by atoms with Crippen LogP contribution in [0.15, 0.2) is 30.5 Å². The average molecular weight is 297 g/mol. The van der Waals surface area contributed by atoms with Gasteiger partial charge in [0.2, 0.25) is 0 Å². The zero-order valence-corrected chi connectivity index (χ0v) is 11.7. The second kappa shape index (κ2) is 5.96. The van der Waals surface area contributed by atoms with Crippen molar-refractivity contribution < 1.29 is 13.9 Å². The molecular weight excluding hydrogens is 283 g/mol. The van der Waals surface area contributed by atoms with E-state index in [-0.39, 0.29) is 6.61 Å². The van der Waals surface area contributed by atoms with Gasteiger partial charge in [0.15, 0.2) is 0 Å². The summed E-state index contributed by atoms with van der Waals surface area (Å²) in [4.78, 5) is 12.0. The molecule has 106 valence electrons. The third-order valence-corrected chi connectivity index (χ3v) is 3.20. The summed E-state index contributed by atoms with van der Waals surface area (Å²) in [6, 6.07) is 5.45.